The molecule has 0 N–H and O–H groups in total. The van der Waals surface area contributed by atoms with E-state index >= 15 is 0 Å². The van der Waals surface area contributed by atoms with Crippen LogP contribution in [0.2, 0.25) is 0 Å². The molecule has 0 unspecified atom stereocenters. The molecule has 0 spiro atoms. The van der Waals surface area contributed by atoms with E-state index in [1.807, 2.05) is 48.5 Å². The van der Waals surface area contributed by atoms with Crippen LogP contribution in [0.4, 0.5) is 0 Å². The molecule has 2 aromatic rings. The molecule has 0 heterocycles. The minimum Gasteiger partial charge on any atom is -0.266 e. The zero-order valence-electron chi connectivity index (χ0n) is 11.4. The number of hydrogen-bond donors (Lipinski definition) is 0. The maximum Gasteiger partial charge on any atom is 0.271 e. The fourth-order valence-corrected chi connectivity index (χ4v) is 3.28. The molecule has 0 saturated heterocycles. The predicted molar refractivity (Wildman–Crippen MR) is 79.8 cm³/mol. The van der Waals surface area contributed by atoms with Crippen LogP contribution < -0.4 is 0 Å². The van der Waals surface area contributed by atoms with Crippen molar-refractivity contribution in [1.29, 1.82) is 0 Å². The van der Waals surface area contributed by atoms with Crippen LogP contribution in [0.1, 0.15) is 18.1 Å². The Morgan fingerprint density at radius 3 is 1.95 bits per heavy atom. The molecule has 0 saturated carbocycles. The summed E-state index contributed by atoms with van der Waals surface area (Å²) in [6.07, 6.45) is 0.209. The van der Waals surface area contributed by atoms with E-state index < -0.39 is 10.1 Å². The van der Waals surface area contributed by atoms with Crippen LogP contribution in [0, 0.1) is 0 Å². The topological polar surface area (TPSA) is 43.4 Å². The van der Waals surface area contributed by atoms with Crippen molar-refractivity contribution in [2.75, 3.05) is 0 Å². The lowest BCUT2D eigenvalue weighted by Gasteiger charge is -2.13. The summed E-state index contributed by atoms with van der Waals surface area (Å²) in [5, 5.41) is 0. The van der Waals surface area contributed by atoms with E-state index in [0.29, 0.717) is 6.42 Å². The van der Waals surface area contributed by atoms with E-state index in [-0.39, 0.29) is 11.9 Å². The summed E-state index contributed by atoms with van der Waals surface area (Å²) in [7, 11) is -3.55. The van der Waals surface area contributed by atoms with Gasteiger partial charge in [0.15, 0.2) is 0 Å². The average Bonchev–Trinajstić information content (AvgIpc) is 2.39. The first kappa shape index (κ1) is 14.8. The molecule has 0 radical (unpaired) electrons. The highest BCUT2D eigenvalue weighted by Gasteiger charge is 2.17. The number of benzene rings is 2. The van der Waals surface area contributed by atoms with Gasteiger partial charge in [0, 0.05) is 0 Å². The van der Waals surface area contributed by atoms with Crippen molar-refractivity contribution in [2.45, 2.75) is 25.2 Å². The van der Waals surface area contributed by atoms with Crippen molar-refractivity contribution in [3.63, 3.8) is 0 Å². The highest BCUT2D eigenvalue weighted by molar-refractivity contribution is 7.85. The van der Waals surface area contributed by atoms with Gasteiger partial charge in [-0.3, -0.25) is 4.18 Å². The van der Waals surface area contributed by atoms with E-state index in [2.05, 4.69) is 0 Å². The zero-order chi connectivity index (χ0) is 14.4. The molecule has 1 atom stereocenters. The van der Waals surface area contributed by atoms with Gasteiger partial charge in [-0.25, -0.2) is 0 Å². The lowest BCUT2D eigenvalue weighted by atomic mass is 10.1. The van der Waals surface area contributed by atoms with Crippen molar-refractivity contribution in [2.24, 2.45) is 0 Å². The van der Waals surface area contributed by atoms with Gasteiger partial charge in [-0.15, -0.1) is 0 Å². The first-order chi connectivity index (χ1) is 9.55. The minimum atomic E-state index is -3.55. The van der Waals surface area contributed by atoms with Crippen LogP contribution in [0.5, 0.6) is 0 Å². The van der Waals surface area contributed by atoms with Gasteiger partial charge in [0.1, 0.15) is 5.75 Å². The molecule has 0 aromatic heterocycles. The number of hydrogen-bond acceptors (Lipinski definition) is 3. The van der Waals surface area contributed by atoms with Crippen molar-refractivity contribution in [3.05, 3.63) is 71.8 Å². The fraction of sp³-hybridized carbons (Fsp3) is 0.250. The van der Waals surface area contributed by atoms with Gasteiger partial charge < -0.3 is 0 Å². The lowest BCUT2D eigenvalue weighted by Crippen LogP contribution is -2.19. The van der Waals surface area contributed by atoms with Gasteiger partial charge in [-0.2, -0.15) is 8.42 Å². The predicted octanol–water partition coefficient (Wildman–Crippen LogP) is 3.16. The highest BCUT2D eigenvalue weighted by Crippen LogP contribution is 2.12. The van der Waals surface area contributed by atoms with Crippen molar-refractivity contribution in [1.82, 2.24) is 0 Å². The molecule has 0 fully saturated rings. The van der Waals surface area contributed by atoms with Gasteiger partial charge in [0.25, 0.3) is 10.1 Å². The standard InChI is InChI=1S/C16H18O3S/c1-14(12-15-8-4-2-5-9-15)19-20(17,18)13-16-10-6-3-7-11-16/h2-11,14H,12-13H2,1H3/t14-/m1/s1. The second kappa shape index (κ2) is 6.68. The van der Waals surface area contributed by atoms with Gasteiger partial charge in [0.05, 0.1) is 6.10 Å². The summed E-state index contributed by atoms with van der Waals surface area (Å²) in [5.41, 5.74) is 1.80. The summed E-state index contributed by atoms with van der Waals surface area (Å²) in [4.78, 5) is 0. The summed E-state index contributed by atoms with van der Waals surface area (Å²) in [5.74, 6) is -0.0903. The molecule has 20 heavy (non-hydrogen) atoms. The monoisotopic (exact) mass is 290 g/mol. The second-order valence-electron chi connectivity index (χ2n) is 4.78. The molecule has 0 aliphatic rings. The first-order valence-electron chi connectivity index (χ1n) is 6.54. The number of rotatable bonds is 6. The Bertz CT molecular complexity index is 621. The average molecular weight is 290 g/mol. The van der Waals surface area contributed by atoms with E-state index in [1.54, 1.807) is 19.1 Å². The van der Waals surface area contributed by atoms with Gasteiger partial charge in [-0.1, -0.05) is 60.7 Å². The van der Waals surface area contributed by atoms with Gasteiger partial charge in [0.2, 0.25) is 0 Å². The highest BCUT2D eigenvalue weighted by atomic mass is 32.2. The maximum atomic E-state index is 12.0. The molecule has 4 heteroatoms. The minimum absolute atomic E-state index is 0.0903. The van der Waals surface area contributed by atoms with Crippen molar-refractivity contribution >= 4 is 10.1 Å². The Morgan fingerprint density at radius 1 is 0.900 bits per heavy atom. The normalized spacial score (nSPS) is 13.1. The summed E-state index contributed by atoms with van der Waals surface area (Å²) in [6, 6.07) is 18.8. The van der Waals surface area contributed by atoms with E-state index in [0.717, 1.165) is 11.1 Å². The smallest absolute Gasteiger partial charge is 0.266 e. The fourth-order valence-electron chi connectivity index (χ4n) is 2.04. The second-order valence-corrected chi connectivity index (χ2v) is 6.38. The van der Waals surface area contributed by atoms with Gasteiger partial charge in [-0.05, 0) is 24.5 Å². The Hall–Kier alpha value is -1.65. The van der Waals surface area contributed by atoms with Crippen molar-refractivity contribution in [3.8, 4) is 0 Å². The Kier molecular flexibility index (Phi) is 4.93. The Balaban J connectivity index is 1.94. The lowest BCUT2D eigenvalue weighted by molar-refractivity contribution is 0.229. The molecule has 0 amide bonds. The van der Waals surface area contributed by atoms with Crippen LogP contribution in [0.25, 0.3) is 0 Å². The molecule has 3 nitrogen and oxygen atoms in total. The summed E-state index contributed by atoms with van der Waals surface area (Å²) < 4.78 is 29.2. The van der Waals surface area contributed by atoms with Crippen LogP contribution >= 0.6 is 0 Å². The van der Waals surface area contributed by atoms with E-state index in [9.17, 15) is 8.42 Å². The molecular formula is C16H18O3S. The molecule has 0 bridgehead atoms. The van der Waals surface area contributed by atoms with Crippen molar-refractivity contribution < 1.29 is 12.6 Å². The molecule has 2 aromatic carbocycles. The van der Waals surface area contributed by atoms with E-state index in [4.69, 9.17) is 4.18 Å². The summed E-state index contributed by atoms with van der Waals surface area (Å²) in [6.45, 7) is 1.77. The van der Waals surface area contributed by atoms with E-state index in [1.165, 1.54) is 0 Å². The first-order valence-corrected chi connectivity index (χ1v) is 8.12. The van der Waals surface area contributed by atoms with Gasteiger partial charge >= 0.3 is 0 Å². The third-order valence-electron chi connectivity index (χ3n) is 2.86. The van der Waals surface area contributed by atoms with Crippen LogP contribution in [-0.2, 0) is 26.5 Å². The molecule has 0 aliphatic heterocycles. The van der Waals surface area contributed by atoms with Crippen LogP contribution in [0.3, 0.4) is 0 Å². The third kappa shape index (κ3) is 4.79. The maximum absolute atomic E-state index is 12.0. The quantitative estimate of drug-likeness (QED) is 0.768. The molecular weight excluding hydrogens is 272 g/mol. The Morgan fingerprint density at radius 2 is 1.40 bits per heavy atom. The molecule has 0 aliphatic carbocycles. The largest absolute Gasteiger partial charge is 0.271 e. The Labute approximate surface area is 120 Å². The molecule has 2 rings (SSSR count). The van der Waals surface area contributed by atoms with Crippen LogP contribution in [0.15, 0.2) is 60.7 Å². The third-order valence-corrected chi connectivity index (χ3v) is 4.17. The zero-order valence-corrected chi connectivity index (χ0v) is 12.2. The molecule has 106 valence electrons. The SMILES string of the molecule is C[C@H](Cc1ccccc1)OS(=O)(=O)Cc1ccccc1. The van der Waals surface area contributed by atoms with Crippen LogP contribution in [-0.4, -0.2) is 14.5 Å². The summed E-state index contributed by atoms with van der Waals surface area (Å²) >= 11 is 0.